The third kappa shape index (κ3) is 4.40. The molecule has 0 unspecified atom stereocenters. The number of likely N-dealkylation sites (tertiary alicyclic amines) is 1. The number of imide groups is 1. The maximum Gasteiger partial charge on any atom is 0.282 e. The molecule has 1 fully saturated rings. The zero-order valence-corrected chi connectivity index (χ0v) is 20.2. The zero-order chi connectivity index (χ0) is 23.7. The highest BCUT2D eigenvalue weighted by atomic mass is 16.5. The van der Waals surface area contributed by atoms with Crippen LogP contribution in [0, 0.1) is 13.8 Å². The number of rotatable bonds is 6. The Bertz CT molecular complexity index is 1100. The van der Waals surface area contributed by atoms with Gasteiger partial charge in [-0.2, -0.15) is 0 Å². The van der Waals surface area contributed by atoms with E-state index in [0.717, 1.165) is 42.6 Å². The number of nitrogens with zero attached hydrogens (tertiary/aromatic N) is 3. The van der Waals surface area contributed by atoms with E-state index in [9.17, 15) is 9.59 Å². The molecule has 2 aliphatic rings. The van der Waals surface area contributed by atoms with Gasteiger partial charge in [-0.25, -0.2) is 4.90 Å². The molecule has 6 heteroatoms. The molecule has 4 rings (SSSR count). The van der Waals surface area contributed by atoms with Crippen molar-refractivity contribution in [3.05, 3.63) is 64.9 Å². The van der Waals surface area contributed by atoms with Crippen LogP contribution in [0.5, 0.6) is 5.75 Å². The number of aryl methyl sites for hydroxylation is 2. The summed E-state index contributed by atoms with van der Waals surface area (Å²) in [6, 6.07) is 13.4. The average molecular weight is 448 g/mol. The normalized spacial score (nSPS) is 17.8. The molecule has 0 aromatic heterocycles. The molecule has 0 bridgehead atoms. The summed E-state index contributed by atoms with van der Waals surface area (Å²) in [7, 11) is 4.08. The number of carbonyl (C=O) groups is 2. The SMILES string of the molecule is CCOc1cccc(N2C(=O)C(c3ccc(C)cc3C)=C(N(C)C3CCN(C)CC3)C2=O)c1. The number of ether oxygens (including phenoxy) is 1. The molecule has 6 nitrogen and oxygen atoms in total. The Balaban J connectivity index is 1.80. The van der Waals surface area contributed by atoms with E-state index >= 15 is 0 Å². The molecule has 174 valence electrons. The van der Waals surface area contributed by atoms with Crippen LogP contribution in [0.1, 0.15) is 36.5 Å². The highest BCUT2D eigenvalue weighted by molar-refractivity contribution is 6.45. The molecule has 33 heavy (non-hydrogen) atoms. The van der Waals surface area contributed by atoms with Gasteiger partial charge in [0.15, 0.2) is 0 Å². The standard InChI is InChI=1S/C27H33N3O3/c1-6-33-22-9-7-8-21(17-22)30-26(31)24(23-11-10-18(2)16-19(23)3)25(27(30)32)29(5)20-12-14-28(4)15-13-20/h7-11,16-17,20H,6,12-15H2,1-5H3. The van der Waals surface area contributed by atoms with Crippen LogP contribution >= 0.6 is 0 Å². The lowest BCUT2D eigenvalue weighted by Gasteiger charge is -2.36. The third-order valence-corrected chi connectivity index (χ3v) is 6.69. The van der Waals surface area contributed by atoms with Gasteiger partial charge >= 0.3 is 0 Å². The van der Waals surface area contributed by atoms with Gasteiger partial charge in [0.25, 0.3) is 11.8 Å². The largest absolute Gasteiger partial charge is 0.494 e. The second-order valence-corrected chi connectivity index (χ2v) is 9.06. The number of likely N-dealkylation sites (N-methyl/N-ethyl adjacent to an activating group) is 1. The number of hydrogen-bond acceptors (Lipinski definition) is 5. The number of anilines is 1. The minimum Gasteiger partial charge on any atom is -0.494 e. The van der Waals surface area contributed by atoms with E-state index in [-0.39, 0.29) is 17.9 Å². The number of amides is 2. The van der Waals surface area contributed by atoms with Crippen molar-refractivity contribution in [2.45, 2.75) is 39.7 Å². The topological polar surface area (TPSA) is 53.1 Å². The van der Waals surface area contributed by atoms with E-state index in [2.05, 4.69) is 18.0 Å². The summed E-state index contributed by atoms with van der Waals surface area (Å²) in [4.78, 5) is 33.4. The lowest BCUT2D eigenvalue weighted by atomic mass is 9.96. The van der Waals surface area contributed by atoms with Crippen LogP contribution in [0.2, 0.25) is 0 Å². The number of benzene rings is 2. The number of carbonyl (C=O) groups excluding carboxylic acids is 2. The quantitative estimate of drug-likeness (QED) is 0.627. The molecular weight excluding hydrogens is 414 g/mol. The van der Waals surface area contributed by atoms with Crippen molar-refractivity contribution in [1.29, 1.82) is 0 Å². The molecule has 2 aliphatic heterocycles. The van der Waals surface area contributed by atoms with Crippen molar-refractivity contribution >= 4 is 23.1 Å². The highest BCUT2D eigenvalue weighted by Crippen LogP contribution is 2.38. The summed E-state index contributed by atoms with van der Waals surface area (Å²) in [5, 5.41) is 0. The fourth-order valence-corrected chi connectivity index (χ4v) is 4.86. The van der Waals surface area contributed by atoms with Crippen LogP contribution < -0.4 is 9.64 Å². The minimum absolute atomic E-state index is 0.211. The van der Waals surface area contributed by atoms with Crippen molar-refractivity contribution < 1.29 is 14.3 Å². The molecule has 0 spiro atoms. The van der Waals surface area contributed by atoms with Crippen molar-refractivity contribution in [1.82, 2.24) is 9.80 Å². The Morgan fingerprint density at radius 1 is 1.03 bits per heavy atom. The maximum absolute atomic E-state index is 13.9. The fraction of sp³-hybridized carbons (Fsp3) is 0.407. The van der Waals surface area contributed by atoms with Gasteiger partial charge in [-0.1, -0.05) is 29.8 Å². The van der Waals surface area contributed by atoms with E-state index in [1.165, 1.54) is 4.90 Å². The van der Waals surface area contributed by atoms with Gasteiger partial charge in [0, 0.05) is 19.2 Å². The second-order valence-electron chi connectivity index (χ2n) is 9.06. The van der Waals surface area contributed by atoms with Crippen LogP contribution in [0.15, 0.2) is 48.2 Å². The molecule has 0 radical (unpaired) electrons. The van der Waals surface area contributed by atoms with Crippen molar-refractivity contribution in [3.8, 4) is 5.75 Å². The van der Waals surface area contributed by atoms with E-state index in [4.69, 9.17) is 4.74 Å². The fourth-order valence-electron chi connectivity index (χ4n) is 4.86. The van der Waals surface area contributed by atoms with Crippen LogP contribution in [0.4, 0.5) is 5.69 Å². The molecule has 2 aromatic rings. The van der Waals surface area contributed by atoms with E-state index < -0.39 is 0 Å². The summed E-state index contributed by atoms with van der Waals surface area (Å²) in [6.07, 6.45) is 1.91. The summed E-state index contributed by atoms with van der Waals surface area (Å²) in [5.74, 6) is 0.0845. The molecule has 0 saturated carbocycles. The van der Waals surface area contributed by atoms with Crippen molar-refractivity contribution in [3.63, 3.8) is 0 Å². The molecule has 2 amide bonds. The van der Waals surface area contributed by atoms with Gasteiger partial charge in [-0.15, -0.1) is 0 Å². The van der Waals surface area contributed by atoms with Crippen LogP contribution in [-0.2, 0) is 9.59 Å². The van der Waals surface area contributed by atoms with Gasteiger partial charge < -0.3 is 14.5 Å². The lowest BCUT2D eigenvalue weighted by molar-refractivity contribution is -0.120. The van der Waals surface area contributed by atoms with Gasteiger partial charge in [0.1, 0.15) is 11.4 Å². The summed E-state index contributed by atoms with van der Waals surface area (Å²) < 4.78 is 5.62. The third-order valence-electron chi connectivity index (χ3n) is 6.69. The molecule has 0 aliphatic carbocycles. The smallest absolute Gasteiger partial charge is 0.282 e. The van der Waals surface area contributed by atoms with Crippen LogP contribution in [0.25, 0.3) is 5.57 Å². The highest BCUT2D eigenvalue weighted by Gasteiger charge is 2.43. The predicted octanol–water partition coefficient (Wildman–Crippen LogP) is 4.01. The number of hydrogen-bond donors (Lipinski definition) is 0. The van der Waals surface area contributed by atoms with Crippen molar-refractivity contribution in [2.75, 3.05) is 38.7 Å². The summed E-state index contributed by atoms with van der Waals surface area (Å²) in [5.41, 5.74) is 4.44. The van der Waals surface area contributed by atoms with Crippen LogP contribution in [0.3, 0.4) is 0 Å². The van der Waals surface area contributed by atoms with E-state index in [1.54, 1.807) is 12.1 Å². The van der Waals surface area contributed by atoms with Gasteiger partial charge in [0.05, 0.1) is 17.9 Å². The minimum atomic E-state index is -0.282. The molecule has 2 aromatic carbocycles. The molecule has 0 atom stereocenters. The van der Waals surface area contributed by atoms with Gasteiger partial charge in [0.2, 0.25) is 0 Å². The first-order chi connectivity index (χ1) is 15.8. The first-order valence-corrected chi connectivity index (χ1v) is 11.7. The van der Waals surface area contributed by atoms with Gasteiger partial charge in [-0.3, -0.25) is 9.59 Å². The van der Waals surface area contributed by atoms with Crippen molar-refractivity contribution in [2.24, 2.45) is 0 Å². The Labute approximate surface area is 196 Å². The number of piperidine rings is 1. The molecule has 0 N–H and O–H groups in total. The molecule has 1 saturated heterocycles. The zero-order valence-electron chi connectivity index (χ0n) is 20.2. The maximum atomic E-state index is 13.9. The van der Waals surface area contributed by atoms with Gasteiger partial charge in [-0.05, 0) is 77.0 Å². The van der Waals surface area contributed by atoms with E-state index in [1.807, 2.05) is 57.0 Å². The van der Waals surface area contributed by atoms with Crippen LogP contribution in [-0.4, -0.2) is 61.4 Å². The van der Waals surface area contributed by atoms with E-state index in [0.29, 0.717) is 29.3 Å². The Hall–Kier alpha value is -3.12. The second kappa shape index (κ2) is 9.40. The predicted molar refractivity (Wildman–Crippen MR) is 131 cm³/mol. The Morgan fingerprint density at radius 2 is 1.76 bits per heavy atom. The summed E-state index contributed by atoms with van der Waals surface area (Å²) >= 11 is 0. The lowest BCUT2D eigenvalue weighted by Crippen LogP contribution is -2.43. The summed E-state index contributed by atoms with van der Waals surface area (Å²) in [6.45, 7) is 8.41. The first kappa shape index (κ1) is 23.1. The molecular formula is C27H33N3O3. The molecule has 2 heterocycles. The average Bonchev–Trinajstić information content (AvgIpc) is 3.04. The first-order valence-electron chi connectivity index (χ1n) is 11.7. The Kier molecular flexibility index (Phi) is 6.56. The monoisotopic (exact) mass is 447 g/mol. The Morgan fingerprint density at radius 3 is 2.42 bits per heavy atom.